The van der Waals surface area contributed by atoms with Crippen LogP contribution in [0.3, 0.4) is 0 Å². The van der Waals surface area contributed by atoms with Gasteiger partial charge in [-0.1, -0.05) is 17.4 Å². The van der Waals surface area contributed by atoms with E-state index in [-0.39, 0.29) is 10.0 Å². The normalized spacial score (nSPS) is 11.2. The van der Waals surface area contributed by atoms with Gasteiger partial charge in [0.15, 0.2) is 5.13 Å². The molecule has 8 nitrogen and oxygen atoms in total. The van der Waals surface area contributed by atoms with Crippen molar-refractivity contribution in [3.05, 3.63) is 60.0 Å². The first-order chi connectivity index (χ1) is 14.2. The average molecular weight is 451 g/mol. The molecule has 0 radical (unpaired) electrons. The van der Waals surface area contributed by atoms with Crippen molar-refractivity contribution in [2.24, 2.45) is 0 Å². The van der Waals surface area contributed by atoms with E-state index < -0.39 is 21.9 Å². The van der Waals surface area contributed by atoms with E-state index in [1.54, 1.807) is 25.1 Å². The summed E-state index contributed by atoms with van der Waals surface area (Å²) in [6.07, 6.45) is 1.42. The quantitative estimate of drug-likeness (QED) is 0.592. The van der Waals surface area contributed by atoms with Crippen molar-refractivity contribution in [1.29, 1.82) is 0 Å². The topological polar surface area (TPSA) is 101 Å². The number of amides is 2. The third kappa shape index (κ3) is 5.12. The molecule has 30 heavy (non-hydrogen) atoms. The molecule has 3 aromatic rings. The summed E-state index contributed by atoms with van der Waals surface area (Å²) in [6.45, 7) is 1.75. The molecule has 0 atom stereocenters. The standard InChI is InChI=1S/C19H19FN4O4S2/c1-12-7-13(20)9-15(8-12)28-17-11-22-18(29-17)23-19(25)24(3)14-5-4-6-16(10-14)30(26,27)21-2/h4-11,21H,1-3H3,(H,22,23,25). The molecule has 2 amide bonds. The number of sulfonamides is 1. The second kappa shape index (κ2) is 8.78. The minimum atomic E-state index is -3.63. The third-order valence-electron chi connectivity index (χ3n) is 4.02. The Labute approximate surface area is 177 Å². The van der Waals surface area contributed by atoms with Crippen molar-refractivity contribution in [3.63, 3.8) is 0 Å². The number of rotatable bonds is 6. The van der Waals surface area contributed by atoms with Crippen LogP contribution < -0.4 is 19.7 Å². The summed E-state index contributed by atoms with van der Waals surface area (Å²) in [5.74, 6) is -0.0825. The number of anilines is 2. The Balaban J connectivity index is 1.70. The van der Waals surface area contributed by atoms with Gasteiger partial charge in [-0.15, -0.1) is 0 Å². The van der Waals surface area contributed by atoms with Crippen LogP contribution in [-0.4, -0.2) is 33.5 Å². The molecule has 0 bridgehead atoms. The number of hydrogen-bond donors (Lipinski definition) is 2. The average Bonchev–Trinajstić information content (AvgIpc) is 3.13. The van der Waals surface area contributed by atoms with E-state index in [1.165, 1.54) is 49.5 Å². The maximum atomic E-state index is 13.5. The van der Waals surface area contributed by atoms with Crippen molar-refractivity contribution in [2.45, 2.75) is 11.8 Å². The van der Waals surface area contributed by atoms with Crippen LogP contribution in [0.1, 0.15) is 5.56 Å². The van der Waals surface area contributed by atoms with Gasteiger partial charge < -0.3 is 4.74 Å². The molecule has 3 rings (SSSR count). The lowest BCUT2D eigenvalue weighted by Crippen LogP contribution is -2.31. The second-order valence-electron chi connectivity index (χ2n) is 6.24. The lowest BCUT2D eigenvalue weighted by atomic mass is 10.2. The molecule has 2 aromatic carbocycles. The van der Waals surface area contributed by atoms with Crippen LogP contribution in [0.25, 0.3) is 0 Å². The van der Waals surface area contributed by atoms with Crippen molar-refractivity contribution in [1.82, 2.24) is 9.71 Å². The fourth-order valence-electron chi connectivity index (χ4n) is 2.51. The number of nitrogens with one attached hydrogen (secondary N) is 2. The van der Waals surface area contributed by atoms with Crippen LogP contribution in [0.2, 0.25) is 0 Å². The number of benzene rings is 2. The van der Waals surface area contributed by atoms with E-state index in [9.17, 15) is 17.6 Å². The molecule has 0 aliphatic carbocycles. The number of urea groups is 1. The molecule has 2 N–H and O–H groups in total. The summed E-state index contributed by atoms with van der Waals surface area (Å²) in [5, 5.41) is 3.26. The number of halogens is 1. The molecule has 0 saturated carbocycles. The maximum absolute atomic E-state index is 13.5. The largest absolute Gasteiger partial charge is 0.445 e. The Morgan fingerprint density at radius 3 is 2.70 bits per heavy atom. The van der Waals surface area contributed by atoms with E-state index in [4.69, 9.17) is 4.74 Å². The first-order valence-electron chi connectivity index (χ1n) is 8.67. The van der Waals surface area contributed by atoms with Crippen molar-refractivity contribution >= 4 is 38.2 Å². The van der Waals surface area contributed by atoms with Gasteiger partial charge in [-0.05, 0) is 49.9 Å². The first kappa shape index (κ1) is 21.7. The number of carbonyl (C=O) groups is 1. The third-order valence-corrected chi connectivity index (χ3v) is 6.22. The predicted molar refractivity (Wildman–Crippen MR) is 113 cm³/mol. The van der Waals surface area contributed by atoms with Gasteiger partial charge in [0.2, 0.25) is 15.1 Å². The fraction of sp³-hybridized carbons (Fsp3) is 0.158. The lowest BCUT2D eigenvalue weighted by molar-refractivity contribution is 0.258. The van der Waals surface area contributed by atoms with Crippen LogP contribution in [0.4, 0.5) is 20.0 Å². The number of aromatic nitrogens is 1. The molecule has 158 valence electrons. The van der Waals surface area contributed by atoms with Crippen LogP contribution in [-0.2, 0) is 10.0 Å². The zero-order valence-electron chi connectivity index (χ0n) is 16.3. The Hall–Kier alpha value is -3.02. The molecule has 0 aliphatic heterocycles. The van der Waals surface area contributed by atoms with Gasteiger partial charge in [-0.2, -0.15) is 0 Å². The molecule has 1 aromatic heterocycles. The Morgan fingerprint density at radius 2 is 2.00 bits per heavy atom. The number of hydrogen-bond acceptors (Lipinski definition) is 6. The summed E-state index contributed by atoms with van der Waals surface area (Å²) in [7, 11) is -0.821. The van der Waals surface area contributed by atoms with E-state index in [0.29, 0.717) is 22.1 Å². The van der Waals surface area contributed by atoms with Crippen molar-refractivity contribution in [2.75, 3.05) is 24.3 Å². The summed E-state index contributed by atoms with van der Waals surface area (Å²) < 4.78 is 45.2. The van der Waals surface area contributed by atoms with E-state index in [2.05, 4.69) is 15.0 Å². The molecule has 0 unspecified atom stereocenters. The van der Waals surface area contributed by atoms with Gasteiger partial charge >= 0.3 is 6.03 Å². The van der Waals surface area contributed by atoms with Crippen molar-refractivity contribution in [3.8, 4) is 10.8 Å². The number of ether oxygens (including phenoxy) is 1. The molecule has 0 saturated heterocycles. The Bertz CT molecular complexity index is 1160. The van der Waals surface area contributed by atoms with Crippen LogP contribution in [0, 0.1) is 12.7 Å². The summed E-state index contributed by atoms with van der Waals surface area (Å²) in [5.41, 5.74) is 1.10. The van der Waals surface area contributed by atoms with E-state index in [1.807, 2.05) is 0 Å². The Kier molecular flexibility index (Phi) is 6.34. The highest BCUT2D eigenvalue weighted by Crippen LogP contribution is 2.31. The molecule has 11 heteroatoms. The van der Waals surface area contributed by atoms with Gasteiger partial charge in [0.1, 0.15) is 11.6 Å². The lowest BCUT2D eigenvalue weighted by Gasteiger charge is -2.18. The summed E-state index contributed by atoms with van der Waals surface area (Å²) >= 11 is 1.07. The minimum Gasteiger partial charge on any atom is -0.445 e. The maximum Gasteiger partial charge on any atom is 0.327 e. The highest BCUT2D eigenvalue weighted by molar-refractivity contribution is 7.89. The first-order valence-corrected chi connectivity index (χ1v) is 11.0. The van der Waals surface area contributed by atoms with Crippen LogP contribution in [0.15, 0.2) is 53.6 Å². The van der Waals surface area contributed by atoms with Gasteiger partial charge in [-0.25, -0.2) is 27.3 Å². The second-order valence-corrected chi connectivity index (χ2v) is 9.12. The highest BCUT2D eigenvalue weighted by Gasteiger charge is 2.17. The SMILES string of the molecule is CNS(=O)(=O)c1cccc(N(C)C(=O)Nc2ncc(Oc3cc(C)cc(F)c3)s2)c1. The molecular formula is C19H19FN4O4S2. The number of nitrogens with zero attached hydrogens (tertiary/aromatic N) is 2. The molecule has 0 spiro atoms. The van der Waals surface area contributed by atoms with Gasteiger partial charge in [-0.3, -0.25) is 10.2 Å². The van der Waals surface area contributed by atoms with E-state index in [0.717, 1.165) is 11.3 Å². The molecule has 0 fully saturated rings. The van der Waals surface area contributed by atoms with E-state index >= 15 is 0 Å². The number of carbonyl (C=O) groups excluding carboxylic acids is 1. The molecular weight excluding hydrogens is 431 g/mol. The molecule has 1 heterocycles. The minimum absolute atomic E-state index is 0.0393. The molecule has 0 aliphatic rings. The monoisotopic (exact) mass is 450 g/mol. The van der Waals surface area contributed by atoms with Crippen LogP contribution >= 0.6 is 11.3 Å². The zero-order chi connectivity index (χ0) is 21.9. The predicted octanol–water partition coefficient (Wildman–Crippen LogP) is 3.96. The van der Waals surface area contributed by atoms with Gasteiger partial charge in [0, 0.05) is 18.8 Å². The zero-order valence-corrected chi connectivity index (χ0v) is 18.0. The smallest absolute Gasteiger partial charge is 0.327 e. The van der Waals surface area contributed by atoms with Crippen LogP contribution in [0.5, 0.6) is 10.8 Å². The summed E-state index contributed by atoms with van der Waals surface area (Å²) in [6, 6.07) is 9.77. The van der Waals surface area contributed by atoms with Gasteiger partial charge in [0.05, 0.1) is 11.1 Å². The van der Waals surface area contributed by atoms with Gasteiger partial charge in [0.25, 0.3) is 0 Å². The number of thiazole rings is 1. The fourth-order valence-corrected chi connectivity index (χ4v) is 3.96. The highest BCUT2D eigenvalue weighted by atomic mass is 32.2. The number of aryl methyl sites for hydroxylation is 1. The summed E-state index contributed by atoms with van der Waals surface area (Å²) in [4.78, 5) is 17.9. The Morgan fingerprint density at radius 1 is 1.23 bits per heavy atom. The van der Waals surface area contributed by atoms with Crippen molar-refractivity contribution < 1.29 is 22.3 Å².